The minimum absolute atomic E-state index is 0.0352. The maximum absolute atomic E-state index is 6.38. The van der Waals surface area contributed by atoms with E-state index in [0.717, 1.165) is 25.3 Å². The monoisotopic (exact) mass is 377 g/mol. The van der Waals surface area contributed by atoms with Crippen LogP contribution in [0.25, 0.3) is 0 Å². The van der Waals surface area contributed by atoms with Crippen LogP contribution in [-0.4, -0.2) is 25.0 Å². The van der Waals surface area contributed by atoms with Gasteiger partial charge in [-0.05, 0) is 60.2 Å². The molecule has 0 spiro atoms. The summed E-state index contributed by atoms with van der Waals surface area (Å²) < 4.78 is 6.38. The molecule has 0 saturated heterocycles. The van der Waals surface area contributed by atoms with Gasteiger partial charge in [-0.1, -0.05) is 70.2 Å². The number of hydrogen-bond acceptors (Lipinski definition) is 2. The van der Waals surface area contributed by atoms with Gasteiger partial charge in [0.05, 0.1) is 6.54 Å². The summed E-state index contributed by atoms with van der Waals surface area (Å²) in [6, 6.07) is 15.6. The van der Waals surface area contributed by atoms with Gasteiger partial charge in [0, 0.05) is 12.0 Å². The van der Waals surface area contributed by atoms with E-state index in [4.69, 9.17) is 4.74 Å². The Bertz CT molecular complexity index is 851. The van der Waals surface area contributed by atoms with Gasteiger partial charge in [-0.25, -0.2) is 0 Å². The molecule has 1 aliphatic heterocycles. The lowest BCUT2D eigenvalue weighted by molar-refractivity contribution is 0.142. The highest BCUT2D eigenvalue weighted by Crippen LogP contribution is 2.33. The van der Waals surface area contributed by atoms with E-state index in [1.165, 1.54) is 27.8 Å². The number of rotatable bonds is 6. The molecule has 2 aromatic carbocycles. The fourth-order valence-corrected chi connectivity index (χ4v) is 4.31. The van der Waals surface area contributed by atoms with Crippen LogP contribution in [0.3, 0.4) is 0 Å². The Morgan fingerprint density at radius 2 is 1.89 bits per heavy atom. The molecular formula is C26H35NO. The second kappa shape index (κ2) is 8.53. The molecule has 0 radical (unpaired) electrons. The summed E-state index contributed by atoms with van der Waals surface area (Å²) in [4.78, 5) is 2.37. The van der Waals surface area contributed by atoms with Crippen molar-refractivity contribution >= 4 is 0 Å². The molecule has 0 aromatic heterocycles. The molecule has 2 heteroatoms. The van der Waals surface area contributed by atoms with Crippen molar-refractivity contribution in [3.05, 3.63) is 82.1 Å². The normalized spacial score (nSPS) is 20.3. The number of nitrogens with zero attached hydrogens (tertiary/aromatic N) is 1. The van der Waals surface area contributed by atoms with E-state index in [-0.39, 0.29) is 5.41 Å². The lowest BCUT2D eigenvalue weighted by Crippen LogP contribution is -2.41. The van der Waals surface area contributed by atoms with E-state index in [9.17, 15) is 0 Å². The third kappa shape index (κ3) is 4.50. The quantitative estimate of drug-likeness (QED) is 0.613. The molecule has 1 unspecified atom stereocenters. The van der Waals surface area contributed by atoms with E-state index in [0.29, 0.717) is 12.5 Å². The Morgan fingerprint density at radius 1 is 1.14 bits per heavy atom. The van der Waals surface area contributed by atoms with Crippen LogP contribution in [0.2, 0.25) is 0 Å². The number of likely N-dealkylation sites (N-methyl/N-ethyl adjacent to an activating group) is 1. The van der Waals surface area contributed by atoms with Gasteiger partial charge in [-0.15, -0.1) is 0 Å². The SMILES string of the molecule is CCc1cccc(C)c1COC1=CC(C)(c2cccc(C(C)C)c2)CN(C)C1. The van der Waals surface area contributed by atoms with Crippen molar-refractivity contribution in [1.82, 2.24) is 4.90 Å². The van der Waals surface area contributed by atoms with Crippen LogP contribution in [0.1, 0.15) is 61.4 Å². The van der Waals surface area contributed by atoms with Crippen molar-refractivity contribution in [2.75, 3.05) is 20.1 Å². The topological polar surface area (TPSA) is 12.5 Å². The number of benzene rings is 2. The van der Waals surface area contributed by atoms with Crippen LogP contribution in [-0.2, 0) is 23.2 Å². The van der Waals surface area contributed by atoms with Gasteiger partial charge in [0.25, 0.3) is 0 Å². The van der Waals surface area contributed by atoms with Gasteiger partial charge < -0.3 is 4.74 Å². The zero-order chi connectivity index (χ0) is 20.3. The van der Waals surface area contributed by atoms with Gasteiger partial charge in [0.1, 0.15) is 12.4 Å². The van der Waals surface area contributed by atoms with Crippen molar-refractivity contribution < 1.29 is 4.74 Å². The van der Waals surface area contributed by atoms with Crippen LogP contribution < -0.4 is 0 Å². The maximum Gasteiger partial charge on any atom is 0.113 e. The van der Waals surface area contributed by atoms with Gasteiger partial charge in [-0.2, -0.15) is 0 Å². The first-order valence-corrected chi connectivity index (χ1v) is 10.5. The summed E-state index contributed by atoms with van der Waals surface area (Å²) in [6.45, 7) is 13.8. The smallest absolute Gasteiger partial charge is 0.113 e. The minimum atomic E-state index is -0.0352. The third-order valence-electron chi connectivity index (χ3n) is 6.01. The molecule has 1 heterocycles. The standard InChI is InChI=1S/C26H35NO/c1-7-21-11-8-10-20(4)25(21)17-28-24-15-26(5,18-27(6)16-24)23-13-9-12-22(14-23)19(2)3/h8-15,19H,7,16-18H2,1-6H3. The molecule has 0 fully saturated rings. The van der Waals surface area contributed by atoms with Crippen molar-refractivity contribution in [1.29, 1.82) is 0 Å². The molecule has 0 saturated carbocycles. The average Bonchev–Trinajstić information content (AvgIpc) is 2.66. The molecular weight excluding hydrogens is 342 g/mol. The van der Waals surface area contributed by atoms with Crippen molar-refractivity contribution in [2.45, 2.75) is 59.0 Å². The molecule has 1 atom stereocenters. The summed E-state index contributed by atoms with van der Waals surface area (Å²) in [5.41, 5.74) is 6.77. The first-order valence-electron chi connectivity index (χ1n) is 10.5. The fraction of sp³-hybridized carbons (Fsp3) is 0.462. The lowest BCUT2D eigenvalue weighted by Gasteiger charge is -2.37. The predicted octanol–water partition coefficient (Wildman–Crippen LogP) is 5.98. The van der Waals surface area contributed by atoms with Crippen LogP contribution in [0.4, 0.5) is 0 Å². The molecule has 0 N–H and O–H groups in total. The zero-order valence-corrected chi connectivity index (χ0v) is 18.4. The average molecular weight is 378 g/mol. The van der Waals surface area contributed by atoms with Gasteiger partial charge >= 0.3 is 0 Å². The summed E-state index contributed by atoms with van der Waals surface area (Å²) in [5, 5.41) is 0. The Kier molecular flexibility index (Phi) is 6.30. The predicted molar refractivity (Wildman–Crippen MR) is 119 cm³/mol. The first-order chi connectivity index (χ1) is 13.3. The number of ether oxygens (including phenoxy) is 1. The van der Waals surface area contributed by atoms with Gasteiger partial charge in [-0.3, -0.25) is 4.90 Å². The Morgan fingerprint density at radius 3 is 2.61 bits per heavy atom. The van der Waals surface area contributed by atoms with E-state index in [1.807, 2.05) is 0 Å². The zero-order valence-electron chi connectivity index (χ0n) is 18.4. The Hall–Kier alpha value is -2.06. The molecule has 1 aliphatic rings. The third-order valence-corrected chi connectivity index (χ3v) is 6.01. The van der Waals surface area contributed by atoms with Crippen molar-refractivity contribution in [3.63, 3.8) is 0 Å². The molecule has 3 rings (SSSR count). The number of hydrogen-bond donors (Lipinski definition) is 0. The summed E-state index contributed by atoms with van der Waals surface area (Å²) in [6.07, 6.45) is 3.40. The van der Waals surface area contributed by atoms with Crippen LogP contribution >= 0.6 is 0 Å². The summed E-state index contributed by atoms with van der Waals surface area (Å²) >= 11 is 0. The van der Waals surface area contributed by atoms with Crippen LogP contribution in [0.15, 0.2) is 54.3 Å². The first kappa shape index (κ1) is 20.7. The molecule has 0 amide bonds. The molecule has 0 bridgehead atoms. The lowest BCUT2D eigenvalue weighted by atomic mass is 9.78. The van der Waals surface area contributed by atoms with Crippen molar-refractivity contribution in [3.8, 4) is 0 Å². The van der Waals surface area contributed by atoms with Gasteiger partial charge in [0.15, 0.2) is 0 Å². The van der Waals surface area contributed by atoms with E-state index in [1.54, 1.807) is 0 Å². The maximum atomic E-state index is 6.38. The van der Waals surface area contributed by atoms with Crippen LogP contribution in [0.5, 0.6) is 0 Å². The largest absolute Gasteiger partial charge is 0.492 e. The highest BCUT2D eigenvalue weighted by Gasteiger charge is 2.31. The second-order valence-electron chi connectivity index (χ2n) is 8.84. The molecule has 2 aromatic rings. The highest BCUT2D eigenvalue weighted by molar-refractivity contribution is 5.38. The van der Waals surface area contributed by atoms with E-state index >= 15 is 0 Å². The second-order valence-corrected chi connectivity index (χ2v) is 8.84. The fourth-order valence-electron chi connectivity index (χ4n) is 4.31. The molecule has 2 nitrogen and oxygen atoms in total. The molecule has 150 valence electrons. The van der Waals surface area contributed by atoms with E-state index < -0.39 is 0 Å². The summed E-state index contributed by atoms with van der Waals surface area (Å²) in [5.74, 6) is 1.62. The number of aryl methyl sites for hydroxylation is 2. The van der Waals surface area contributed by atoms with Gasteiger partial charge in [0.2, 0.25) is 0 Å². The summed E-state index contributed by atoms with van der Waals surface area (Å²) in [7, 11) is 2.19. The molecule has 28 heavy (non-hydrogen) atoms. The Labute approximate surface area is 171 Å². The molecule has 0 aliphatic carbocycles. The Balaban J connectivity index is 1.86. The van der Waals surface area contributed by atoms with E-state index in [2.05, 4.69) is 95.1 Å². The highest BCUT2D eigenvalue weighted by atomic mass is 16.5. The van der Waals surface area contributed by atoms with Crippen LogP contribution in [0, 0.1) is 6.92 Å². The van der Waals surface area contributed by atoms with Crippen molar-refractivity contribution in [2.24, 2.45) is 0 Å². The minimum Gasteiger partial charge on any atom is -0.492 e.